The minimum absolute atomic E-state index is 0.139. The van der Waals surface area contributed by atoms with Crippen LogP contribution in [-0.2, 0) is 11.3 Å². The molecule has 27 heavy (non-hydrogen) atoms. The summed E-state index contributed by atoms with van der Waals surface area (Å²) in [4.78, 5) is 23.6. The maximum Gasteiger partial charge on any atom is 0.419 e. The topological polar surface area (TPSA) is 77.8 Å². The molecule has 0 spiro atoms. The Morgan fingerprint density at radius 3 is 2.33 bits per heavy atom. The largest absolute Gasteiger partial charge is 0.487 e. The molecular formula is C21H21NO5. The van der Waals surface area contributed by atoms with Crippen LogP contribution in [0.1, 0.15) is 36.8 Å². The lowest BCUT2D eigenvalue weighted by Gasteiger charge is -2.21. The Morgan fingerprint density at radius 1 is 1.04 bits per heavy atom. The van der Waals surface area contributed by atoms with E-state index in [9.17, 15) is 9.59 Å². The lowest BCUT2D eigenvalue weighted by molar-refractivity contribution is 0.0534. The van der Waals surface area contributed by atoms with Crippen molar-refractivity contribution in [2.75, 3.05) is 0 Å². The third-order valence-electron chi connectivity index (χ3n) is 3.85. The van der Waals surface area contributed by atoms with Crippen LogP contribution in [0.2, 0.25) is 0 Å². The molecule has 0 unspecified atom stereocenters. The van der Waals surface area contributed by atoms with E-state index in [1.807, 2.05) is 51.1 Å². The fourth-order valence-corrected chi connectivity index (χ4v) is 2.69. The van der Waals surface area contributed by atoms with Gasteiger partial charge in [-0.3, -0.25) is 0 Å². The van der Waals surface area contributed by atoms with Crippen LogP contribution in [0.3, 0.4) is 0 Å². The van der Waals surface area contributed by atoms with Crippen LogP contribution in [0.25, 0.3) is 10.9 Å². The highest BCUT2D eigenvalue weighted by Crippen LogP contribution is 2.23. The van der Waals surface area contributed by atoms with E-state index in [2.05, 4.69) is 0 Å². The van der Waals surface area contributed by atoms with Gasteiger partial charge in [-0.25, -0.2) is 14.2 Å². The molecule has 1 heterocycles. The number of carbonyl (C=O) groups is 2. The van der Waals surface area contributed by atoms with Crippen LogP contribution < -0.4 is 4.74 Å². The molecule has 0 atom stereocenters. The number of benzene rings is 2. The Balaban J connectivity index is 1.88. The van der Waals surface area contributed by atoms with Crippen molar-refractivity contribution in [3.63, 3.8) is 0 Å². The van der Waals surface area contributed by atoms with E-state index in [-0.39, 0.29) is 12.2 Å². The molecule has 0 saturated carbocycles. The van der Waals surface area contributed by atoms with E-state index in [1.165, 1.54) is 16.7 Å². The molecule has 0 fully saturated rings. The molecule has 3 aromatic rings. The van der Waals surface area contributed by atoms with Crippen LogP contribution in [0.5, 0.6) is 5.75 Å². The highest BCUT2D eigenvalue weighted by Gasteiger charge is 2.22. The standard InChI is InChI=1S/C21H21NO5/c1-21(2,3)27-20(25)22-16(12-15-6-4-5-7-18(15)22)13-26-17-10-8-14(9-11-17)19(23)24/h4-12H,13H2,1-3H3,(H,23,24). The Labute approximate surface area is 156 Å². The van der Waals surface area contributed by atoms with Crippen molar-refractivity contribution in [2.24, 2.45) is 0 Å². The smallest absolute Gasteiger partial charge is 0.419 e. The van der Waals surface area contributed by atoms with E-state index in [0.717, 1.165) is 10.9 Å². The molecule has 0 aliphatic heterocycles. The highest BCUT2D eigenvalue weighted by molar-refractivity contribution is 5.91. The fourth-order valence-electron chi connectivity index (χ4n) is 2.69. The van der Waals surface area contributed by atoms with Crippen LogP contribution in [0, 0.1) is 0 Å². The van der Waals surface area contributed by atoms with Crippen molar-refractivity contribution in [2.45, 2.75) is 33.0 Å². The van der Waals surface area contributed by atoms with Crippen molar-refractivity contribution >= 4 is 23.0 Å². The molecule has 2 aromatic carbocycles. The molecule has 6 nitrogen and oxygen atoms in total. The second-order valence-corrected chi connectivity index (χ2v) is 7.13. The number of hydrogen-bond acceptors (Lipinski definition) is 4. The average Bonchev–Trinajstić information content (AvgIpc) is 2.97. The van der Waals surface area contributed by atoms with Gasteiger partial charge in [0.25, 0.3) is 0 Å². The van der Waals surface area contributed by atoms with Gasteiger partial charge in [0, 0.05) is 5.39 Å². The normalized spacial score (nSPS) is 11.4. The molecule has 3 rings (SSSR count). The van der Waals surface area contributed by atoms with E-state index >= 15 is 0 Å². The molecule has 0 saturated heterocycles. The number of rotatable bonds is 4. The number of carboxylic acid groups (broad SMARTS) is 1. The van der Waals surface area contributed by atoms with Crippen molar-refractivity contribution in [1.29, 1.82) is 0 Å². The maximum atomic E-state index is 12.7. The number of carbonyl (C=O) groups excluding carboxylic acids is 1. The molecule has 0 radical (unpaired) electrons. The van der Waals surface area contributed by atoms with Crippen molar-refractivity contribution < 1.29 is 24.2 Å². The predicted octanol–water partition coefficient (Wildman–Crippen LogP) is 4.70. The summed E-state index contributed by atoms with van der Waals surface area (Å²) in [5, 5.41) is 9.86. The Bertz CT molecular complexity index is 980. The number of ether oxygens (including phenoxy) is 2. The molecule has 0 aliphatic rings. The van der Waals surface area contributed by atoms with Gasteiger partial charge >= 0.3 is 12.1 Å². The van der Waals surface area contributed by atoms with Crippen molar-refractivity contribution in [1.82, 2.24) is 4.57 Å². The number of hydrogen-bond donors (Lipinski definition) is 1. The van der Waals surface area contributed by atoms with Gasteiger partial charge in [-0.1, -0.05) is 18.2 Å². The number of aromatic nitrogens is 1. The van der Waals surface area contributed by atoms with Crippen LogP contribution in [0.15, 0.2) is 54.6 Å². The first-order valence-electron chi connectivity index (χ1n) is 8.53. The summed E-state index contributed by atoms with van der Waals surface area (Å²) in [6.45, 7) is 5.59. The van der Waals surface area contributed by atoms with Gasteiger partial charge < -0.3 is 14.6 Å². The molecule has 1 aromatic heterocycles. The number of nitrogens with zero attached hydrogens (tertiary/aromatic N) is 1. The second kappa shape index (κ2) is 7.15. The highest BCUT2D eigenvalue weighted by atomic mass is 16.6. The summed E-state index contributed by atoms with van der Waals surface area (Å²) in [6, 6.07) is 15.5. The van der Waals surface area contributed by atoms with Gasteiger partial charge in [0.2, 0.25) is 0 Å². The molecule has 0 aliphatic carbocycles. The monoisotopic (exact) mass is 367 g/mol. The van der Waals surface area contributed by atoms with E-state index in [1.54, 1.807) is 12.1 Å². The minimum Gasteiger partial charge on any atom is -0.487 e. The number of carboxylic acids is 1. The number of fused-ring (bicyclic) bond motifs is 1. The predicted molar refractivity (Wildman–Crippen MR) is 101 cm³/mol. The summed E-state index contributed by atoms with van der Waals surface area (Å²) in [5.74, 6) is -0.479. The zero-order valence-corrected chi connectivity index (χ0v) is 15.4. The van der Waals surface area contributed by atoms with Gasteiger partial charge in [-0.2, -0.15) is 0 Å². The fraction of sp³-hybridized carbons (Fsp3) is 0.238. The third-order valence-corrected chi connectivity index (χ3v) is 3.85. The third kappa shape index (κ3) is 4.28. The van der Waals surface area contributed by atoms with E-state index in [0.29, 0.717) is 11.4 Å². The Morgan fingerprint density at radius 2 is 1.70 bits per heavy atom. The number of aromatic carboxylic acids is 1. The SMILES string of the molecule is CC(C)(C)OC(=O)n1c(COc2ccc(C(=O)O)cc2)cc2ccccc21. The van der Waals surface area contributed by atoms with Crippen LogP contribution >= 0.6 is 0 Å². The molecule has 0 bridgehead atoms. The summed E-state index contributed by atoms with van der Waals surface area (Å²) in [5.41, 5.74) is 0.956. The van der Waals surface area contributed by atoms with Crippen LogP contribution in [-0.4, -0.2) is 27.3 Å². The quantitative estimate of drug-likeness (QED) is 0.723. The molecule has 140 valence electrons. The Kier molecular flexibility index (Phi) is 4.90. The molecule has 0 amide bonds. The average molecular weight is 367 g/mol. The van der Waals surface area contributed by atoms with E-state index < -0.39 is 17.7 Å². The Hall–Kier alpha value is -3.28. The number of para-hydroxylation sites is 1. The summed E-state index contributed by atoms with van der Waals surface area (Å²) in [7, 11) is 0. The first-order valence-corrected chi connectivity index (χ1v) is 8.53. The first kappa shape index (κ1) is 18.5. The summed E-state index contributed by atoms with van der Waals surface area (Å²) in [6.07, 6.45) is -0.469. The molecule has 1 N–H and O–H groups in total. The zero-order valence-electron chi connectivity index (χ0n) is 15.4. The lowest BCUT2D eigenvalue weighted by atomic mass is 10.2. The van der Waals surface area contributed by atoms with Gasteiger partial charge in [-0.15, -0.1) is 0 Å². The molecule has 6 heteroatoms. The first-order chi connectivity index (χ1) is 12.7. The van der Waals surface area contributed by atoms with Gasteiger partial charge in [-0.05, 0) is 57.2 Å². The van der Waals surface area contributed by atoms with Gasteiger partial charge in [0.1, 0.15) is 18.0 Å². The van der Waals surface area contributed by atoms with E-state index in [4.69, 9.17) is 14.6 Å². The second-order valence-electron chi connectivity index (χ2n) is 7.13. The summed E-state index contributed by atoms with van der Waals surface area (Å²) >= 11 is 0. The minimum atomic E-state index is -0.994. The van der Waals surface area contributed by atoms with Gasteiger partial charge in [0.05, 0.1) is 16.8 Å². The maximum absolute atomic E-state index is 12.7. The summed E-state index contributed by atoms with van der Waals surface area (Å²) < 4.78 is 12.8. The van der Waals surface area contributed by atoms with Crippen LogP contribution in [0.4, 0.5) is 4.79 Å². The molecular weight excluding hydrogens is 346 g/mol. The lowest BCUT2D eigenvalue weighted by Crippen LogP contribution is -2.28. The zero-order chi connectivity index (χ0) is 19.6. The van der Waals surface area contributed by atoms with Crippen molar-refractivity contribution in [3.8, 4) is 5.75 Å². The van der Waals surface area contributed by atoms with Gasteiger partial charge in [0.15, 0.2) is 0 Å². The van der Waals surface area contributed by atoms with Crippen molar-refractivity contribution in [3.05, 3.63) is 65.9 Å².